The molecule has 0 amide bonds. The van der Waals surface area contributed by atoms with E-state index in [0.29, 0.717) is 18.0 Å². The predicted octanol–water partition coefficient (Wildman–Crippen LogP) is 6.03. The molecular formula is C27H23NO2S. The molecule has 0 radical (unpaired) electrons. The number of sulfonamides is 1. The first-order valence-electron chi connectivity index (χ1n) is 10.4. The maximum atomic E-state index is 13.3. The van der Waals surface area contributed by atoms with Crippen molar-refractivity contribution in [1.82, 2.24) is 4.31 Å². The summed E-state index contributed by atoms with van der Waals surface area (Å²) in [6.07, 6.45) is 0. The lowest BCUT2D eigenvalue weighted by molar-refractivity contribution is 0.431. The normalized spacial score (nSPS) is 13.8. The number of fused-ring (bicyclic) bond motifs is 1. The summed E-state index contributed by atoms with van der Waals surface area (Å²) in [6, 6.07) is 32.0. The molecule has 4 aromatic carbocycles. The second kappa shape index (κ2) is 7.80. The number of benzene rings is 4. The average Bonchev–Trinajstić information content (AvgIpc) is 3.24. The van der Waals surface area contributed by atoms with E-state index < -0.39 is 10.0 Å². The first-order valence-corrected chi connectivity index (χ1v) is 11.8. The lowest BCUT2D eigenvalue weighted by atomic mass is 9.91. The molecule has 0 saturated carbocycles. The van der Waals surface area contributed by atoms with Crippen LogP contribution in [0.2, 0.25) is 0 Å². The summed E-state index contributed by atoms with van der Waals surface area (Å²) in [5.74, 6) is 0. The molecule has 31 heavy (non-hydrogen) atoms. The van der Waals surface area contributed by atoms with E-state index >= 15 is 0 Å². The van der Waals surface area contributed by atoms with Gasteiger partial charge in [-0.05, 0) is 64.6 Å². The lowest BCUT2D eigenvalue weighted by Gasteiger charge is -2.15. The zero-order valence-electron chi connectivity index (χ0n) is 17.3. The summed E-state index contributed by atoms with van der Waals surface area (Å²) in [7, 11) is -3.54. The average molecular weight is 426 g/mol. The van der Waals surface area contributed by atoms with Crippen molar-refractivity contribution in [2.24, 2.45) is 0 Å². The van der Waals surface area contributed by atoms with Crippen molar-refractivity contribution in [2.75, 3.05) is 0 Å². The smallest absolute Gasteiger partial charge is 0.207 e. The van der Waals surface area contributed by atoms with Gasteiger partial charge in [0.05, 0.1) is 4.90 Å². The van der Waals surface area contributed by atoms with E-state index in [-0.39, 0.29) is 0 Å². The third-order valence-corrected chi connectivity index (χ3v) is 7.67. The summed E-state index contributed by atoms with van der Waals surface area (Å²) < 4.78 is 28.1. The molecule has 4 aromatic rings. The summed E-state index contributed by atoms with van der Waals surface area (Å²) in [4.78, 5) is 0.345. The molecule has 154 valence electrons. The van der Waals surface area contributed by atoms with E-state index in [4.69, 9.17) is 0 Å². The maximum Gasteiger partial charge on any atom is 0.243 e. The molecule has 4 heteroatoms. The van der Waals surface area contributed by atoms with Gasteiger partial charge in [0.25, 0.3) is 0 Å². The van der Waals surface area contributed by atoms with Gasteiger partial charge in [0.2, 0.25) is 10.0 Å². The van der Waals surface area contributed by atoms with Gasteiger partial charge in [-0.25, -0.2) is 8.42 Å². The molecule has 5 rings (SSSR count). The van der Waals surface area contributed by atoms with Crippen LogP contribution in [0.15, 0.2) is 102 Å². The highest BCUT2D eigenvalue weighted by Gasteiger charge is 2.31. The van der Waals surface area contributed by atoms with Gasteiger partial charge in [0, 0.05) is 13.1 Å². The molecule has 0 fully saturated rings. The van der Waals surface area contributed by atoms with Crippen LogP contribution in [0.1, 0.15) is 16.7 Å². The highest BCUT2D eigenvalue weighted by Crippen LogP contribution is 2.38. The molecule has 0 unspecified atom stereocenters. The van der Waals surface area contributed by atoms with Gasteiger partial charge in [-0.15, -0.1) is 0 Å². The van der Waals surface area contributed by atoms with Crippen molar-refractivity contribution in [2.45, 2.75) is 24.9 Å². The number of hydrogen-bond donors (Lipinski definition) is 0. The van der Waals surface area contributed by atoms with Crippen LogP contribution in [0.3, 0.4) is 0 Å². The SMILES string of the molecule is Cc1ccc(S(=O)(=O)N2Cc3cc(-c4ccccc4)c(-c4ccccc4)cc3C2)cc1. The predicted molar refractivity (Wildman–Crippen MR) is 125 cm³/mol. The van der Waals surface area contributed by atoms with Crippen LogP contribution in [0.4, 0.5) is 0 Å². The summed E-state index contributed by atoms with van der Waals surface area (Å²) in [5, 5.41) is 0. The fourth-order valence-electron chi connectivity index (χ4n) is 4.16. The second-order valence-corrected chi connectivity index (χ2v) is 9.92. The van der Waals surface area contributed by atoms with Crippen LogP contribution in [-0.2, 0) is 23.1 Å². The molecule has 0 aliphatic carbocycles. The zero-order valence-corrected chi connectivity index (χ0v) is 18.1. The van der Waals surface area contributed by atoms with Crippen LogP contribution < -0.4 is 0 Å². The highest BCUT2D eigenvalue weighted by atomic mass is 32.2. The van der Waals surface area contributed by atoms with Gasteiger partial charge in [-0.3, -0.25) is 0 Å². The van der Waals surface area contributed by atoms with E-state index in [9.17, 15) is 8.42 Å². The van der Waals surface area contributed by atoms with Crippen LogP contribution in [0.25, 0.3) is 22.3 Å². The minimum atomic E-state index is -3.54. The molecule has 0 atom stereocenters. The Kier molecular flexibility index (Phi) is 4.97. The van der Waals surface area contributed by atoms with Gasteiger partial charge in [0.15, 0.2) is 0 Å². The van der Waals surface area contributed by atoms with E-state index in [1.54, 1.807) is 16.4 Å². The summed E-state index contributed by atoms with van der Waals surface area (Å²) >= 11 is 0. The Morgan fingerprint density at radius 1 is 0.645 bits per heavy atom. The van der Waals surface area contributed by atoms with Gasteiger partial charge >= 0.3 is 0 Å². The minimum absolute atomic E-state index is 0.345. The van der Waals surface area contributed by atoms with Gasteiger partial charge in [0.1, 0.15) is 0 Å². The topological polar surface area (TPSA) is 37.4 Å². The molecule has 0 aromatic heterocycles. The van der Waals surface area contributed by atoms with Gasteiger partial charge in [-0.1, -0.05) is 78.4 Å². The van der Waals surface area contributed by atoms with Crippen molar-refractivity contribution < 1.29 is 8.42 Å². The molecule has 0 N–H and O–H groups in total. The second-order valence-electron chi connectivity index (χ2n) is 7.98. The molecule has 1 aliphatic heterocycles. The van der Waals surface area contributed by atoms with Gasteiger partial charge < -0.3 is 0 Å². The third-order valence-electron chi connectivity index (χ3n) is 5.86. The fraction of sp³-hybridized carbons (Fsp3) is 0.111. The molecule has 1 aliphatic rings. The van der Waals surface area contributed by atoms with Crippen LogP contribution >= 0.6 is 0 Å². The number of nitrogens with zero attached hydrogens (tertiary/aromatic N) is 1. The van der Waals surface area contributed by atoms with Gasteiger partial charge in [-0.2, -0.15) is 4.31 Å². The van der Waals surface area contributed by atoms with Crippen molar-refractivity contribution in [3.05, 3.63) is 114 Å². The molecular weight excluding hydrogens is 402 g/mol. The number of rotatable bonds is 4. The van der Waals surface area contributed by atoms with Crippen molar-refractivity contribution in [3.8, 4) is 22.3 Å². The lowest BCUT2D eigenvalue weighted by Crippen LogP contribution is -2.25. The molecule has 0 bridgehead atoms. The Morgan fingerprint density at radius 3 is 1.55 bits per heavy atom. The Hall–Kier alpha value is -3.21. The molecule has 1 heterocycles. The van der Waals surface area contributed by atoms with E-state index in [2.05, 4.69) is 36.4 Å². The third kappa shape index (κ3) is 3.69. The van der Waals surface area contributed by atoms with E-state index in [1.807, 2.05) is 55.5 Å². The van der Waals surface area contributed by atoms with Crippen LogP contribution in [0.5, 0.6) is 0 Å². The number of hydrogen-bond acceptors (Lipinski definition) is 2. The van der Waals surface area contributed by atoms with Crippen LogP contribution in [-0.4, -0.2) is 12.7 Å². The molecule has 3 nitrogen and oxygen atoms in total. The van der Waals surface area contributed by atoms with Crippen molar-refractivity contribution >= 4 is 10.0 Å². The monoisotopic (exact) mass is 425 g/mol. The first-order chi connectivity index (χ1) is 15.0. The standard InChI is InChI=1S/C27H23NO2S/c1-20-12-14-25(15-13-20)31(29,30)28-18-23-16-26(21-8-4-2-5-9-21)27(17-24(23)19-28)22-10-6-3-7-11-22/h2-17H,18-19H2,1H3. The maximum absolute atomic E-state index is 13.3. The zero-order chi connectivity index (χ0) is 21.4. The Morgan fingerprint density at radius 2 is 1.10 bits per heavy atom. The first kappa shape index (κ1) is 19.7. The summed E-state index contributed by atoms with van der Waals surface area (Å²) in [6.45, 7) is 2.74. The van der Waals surface area contributed by atoms with Crippen LogP contribution in [0, 0.1) is 6.92 Å². The van der Waals surface area contributed by atoms with Crippen molar-refractivity contribution in [1.29, 1.82) is 0 Å². The number of aryl methyl sites for hydroxylation is 1. The highest BCUT2D eigenvalue weighted by molar-refractivity contribution is 7.89. The Bertz CT molecular complexity index is 1260. The molecule has 0 spiro atoms. The van der Waals surface area contributed by atoms with E-state index in [0.717, 1.165) is 38.9 Å². The Balaban J connectivity index is 1.58. The summed E-state index contributed by atoms with van der Waals surface area (Å²) in [5.41, 5.74) is 7.68. The largest absolute Gasteiger partial charge is 0.243 e. The van der Waals surface area contributed by atoms with E-state index in [1.165, 1.54) is 0 Å². The quantitative estimate of drug-likeness (QED) is 0.400. The molecule has 0 saturated heterocycles. The van der Waals surface area contributed by atoms with Crippen molar-refractivity contribution in [3.63, 3.8) is 0 Å². The fourth-order valence-corrected chi connectivity index (χ4v) is 5.56. The minimum Gasteiger partial charge on any atom is -0.207 e. The Labute approximate surface area is 183 Å².